The highest BCUT2D eigenvalue weighted by atomic mass is 15.0. The number of imidazole rings is 1. The Balaban J connectivity index is 1.79. The first kappa shape index (κ1) is 9.71. The van der Waals surface area contributed by atoms with E-state index in [1.54, 1.807) is 0 Å². The molecule has 3 nitrogen and oxygen atoms in total. The molecule has 78 valence electrons. The van der Waals surface area contributed by atoms with Crippen LogP contribution in [0, 0.1) is 0 Å². The van der Waals surface area contributed by atoms with Gasteiger partial charge in [0.2, 0.25) is 0 Å². The fraction of sp³-hybridized carbons (Fsp3) is 0.727. The van der Waals surface area contributed by atoms with Gasteiger partial charge in [0.25, 0.3) is 0 Å². The lowest BCUT2D eigenvalue weighted by Gasteiger charge is -2.23. The van der Waals surface area contributed by atoms with E-state index < -0.39 is 0 Å². The molecular formula is C11H19N3. The molecule has 0 radical (unpaired) electrons. The topological polar surface area (TPSA) is 29.9 Å². The van der Waals surface area contributed by atoms with E-state index >= 15 is 0 Å². The summed E-state index contributed by atoms with van der Waals surface area (Å²) in [5, 5.41) is 3.56. The van der Waals surface area contributed by atoms with Gasteiger partial charge in [0.1, 0.15) is 5.82 Å². The minimum atomic E-state index is 0.723. The first-order valence-electron chi connectivity index (χ1n) is 5.56. The maximum absolute atomic E-state index is 4.34. The van der Waals surface area contributed by atoms with Gasteiger partial charge < -0.3 is 9.88 Å². The van der Waals surface area contributed by atoms with Gasteiger partial charge in [0, 0.05) is 31.9 Å². The third-order valence-electron chi connectivity index (χ3n) is 3.05. The predicted molar refractivity (Wildman–Crippen MR) is 57.2 cm³/mol. The van der Waals surface area contributed by atoms with Crippen LogP contribution in [-0.2, 0) is 13.5 Å². The molecule has 0 unspecified atom stereocenters. The van der Waals surface area contributed by atoms with Crippen LogP contribution >= 0.6 is 0 Å². The molecule has 0 spiro atoms. The van der Waals surface area contributed by atoms with Crippen molar-refractivity contribution in [2.45, 2.75) is 38.1 Å². The number of aryl methyl sites for hydroxylation is 2. The second-order valence-electron chi connectivity index (χ2n) is 4.14. The molecule has 1 fully saturated rings. The van der Waals surface area contributed by atoms with Gasteiger partial charge in [-0.25, -0.2) is 4.98 Å². The van der Waals surface area contributed by atoms with Crippen LogP contribution in [0.2, 0.25) is 0 Å². The number of nitrogens with zero attached hydrogens (tertiary/aromatic N) is 2. The largest absolute Gasteiger partial charge is 0.338 e. The van der Waals surface area contributed by atoms with E-state index in [1.807, 2.05) is 12.4 Å². The maximum Gasteiger partial charge on any atom is 0.108 e. The van der Waals surface area contributed by atoms with E-state index in [0.29, 0.717) is 0 Å². The molecule has 1 saturated heterocycles. The molecule has 0 saturated carbocycles. The molecule has 2 rings (SSSR count). The molecule has 1 N–H and O–H groups in total. The average molecular weight is 193 g/mol. The molecule has 3 heteroatoms. The quantitative estimate of drug-likeness (QED) is 0.788. The third kappa shape index (κ3) is 2.35. The Kier molecular flexibility index (Phi) is 3.19. The smallest absolute Gasteiger partial charge is 0.108 e. The number of hydrogen-bond donors (Lipinski definition) is 1. The summed E-state index contributed by atoms with van der Waals surface area (Å²) in [5.41, 5.74) is 0. The van der Waals surface area contributed by atoms with Crippen LogP contribution in [0.1, 0.15) is 31.5 Å². The molecule has 0 aliphatic carbocycles. The van der Waals surface area contributed by atoms with Crippen LogP contribution in [0.15, 0.2) is 12.4 Å². The summed E-state index contributed by atoms with van der Waals surface area (Å²) in [5.74, 6) is 1.21. The average Bonchev–Trinajstić information content (AvgIpc) is 2.63. The van der Waals surface area contributed by atoms with Crippen LogP contribution in [-0.4, -0.2) is 22.1 Å². The molecule has 2 heterocycles. The van der Waals surface area contributed by atoms with Gasteiger partial charge in [-0.2, -0.15) is 0 Å². The van der Waals surface area contributed by atoms with E-state index in [-0.39, 0.29) is 0 Å². The van der Waals surface area contributed by atoms with Gasteiger partial charge in [0.05, 0.1) is 0 Å². The van der Waals surface area contributed by atoms with Crippen molar-refractivity contribution in [2.75, 3.05) is 6.54 Å². The van der Waals surface area contributed by atoms with Crippen molar-refractivity contribution in [3.63, 3.8) is 0 Å². The lowest BCUT2D eigenvalue weighted by atomic mass is 10.0. The Bertz CT molecular complexity index is 274. The Hall–Kier alpha value is -0.830. The standard InChI is InChI=1S/C11H19N3/c1-14-9-8-13-11(14)6-5-10-4-2-3-7-12-10/h8-10,12H,2-7H2,1H3/t10-/m1/s1. The molecule has 0 bridgehead atoms. The van der Waals surface area contributed by atoms with E-state index in [0.717, 1.165) is 12.5 Å². The van der Waals surface area contributed by atoms with Crippen molar-refractivity contribution >= 4 is 0 Å². The monoisotopic (exact) mass is 193 g/mol. The Labute approximate surface area is 85.5 Å². The molecule has 14 heavy (non-hydrogen) atoms. The van der Waals surface area contributed by atoms with Crippen LogP contribution < -0.4 is 5.32 Å². The van der Waals surface area contributed by atoms with Crippen molar-refractivity contribution in [3.8, 4) is 0 Å². The van der Waals surface area contributed by atoms with Crippen LogP contribution in [0.3, 0.4) is 0 Å². The number of rotatable bonds is 3. The van der Waals surface area contributed by atoms with Gasteiger partial charge in [-0.3, -0.25) is 0 Å². The van der Waals surface area contributed by atoms with Crippen molar-refractivity contribution in [1.29, 1.82) is 0 Å². The summed E-state index contributed by atoms with van der Waals surface area (Å²) in [7, 11) is 2.07. The van der Waals surface area contributed by atoms with E-state index in [9.17, 15) is 0 Å². The molecule has 1 aliphatic rings. The van der Waals surface area contributed by atoms with E-state index in [1.165, 1.54) is 38.1 Å². The Morgan fingerprint density at radius 2 is 2.50 bits per heavy atom. The summed E-state index contributed by atoms with van der Waals surface area (Å²) in [6, 6.07) is 0.723. The number of piperidine rings is 1. The summed E-state index contributed by atoms with van der Waals surface area (Å²) < 4.78 is 2.11. The second-order valence-corrected chi connectivity index (χ2v) is 4.14. The summed E-state index contributed by atoms with van der Waals surface area (Å²) in [6.07, 6.45) is 10.3. The van der Waals surface area contributed by atoms with Crippen molar-refractivity contribution in [2.24, 2.45) is 7.05 Å². The SMILES string of the molecule is Cn1ccnc1CC[C@H]1CCCCN1. The number of hydrogen-bond acceptors (Lipinski definition) is 2. The van der Waals surface area contributed by atoms with Crippen LogP contribution in [0.5, 0.6) is 0 Å². The zero-order valence-electron chi connectivity index (χ0n) is 8.87. The first-order valence-corrected chi connectivity index (χ1v) is 5.56. The van der Waals surface area contributed by atoms with Gasteiger partial charge in [0.15, 0.2) is 0 Å². The van der Waals surface area contributed by atoms with Gasteiger partial charge in [-0.05, 0) is 25.8 Å². The van der Waals surface area contributed by atoms with Crippen LogP contribution in [0.25, 0.3) is 0 Å². The fourth-order valence-corrected chi connectivity index (χ4v) is 2.11. The summed E-state index contributed by atoms with van der Waals surface area (Å²) in [4.78, 5) is 4.34. The molecule has 1 aromatic heterocycles. The van der Waals surface area contributed by atoms with Crippen molar-refractivity contribution < 1.29 is 0 Å². The Morgan fingerprint density at radius 1 is 1.57 bits per heavy atom. The van der Waals surface area contributed by atoms with Crippen LogP contribution in [0.4, 0.5) is 0 Å². The van der Waals surface area contributed by atoms with E-state index in [2.05, 4.69) is 21.9 Å². The van der Waals surface area contributed by atoms with E-state index in [4.69, 9.17) is 0 Å². The van der Waals surface area contributed by atoms with Gasteiger partial charge in [-0.1, -0.05) is 6.42 Å². The lowest BCUT2D eigenvalue weighted by molar-refractivity contribution is 0.380. The van der Waals surface area contributed by atoms with Crippen molar-refractivity contribution in [3.05, 3.63) is 18.2 Å². The molecule has 1 aromatic rings. The lowest BCUT2D eigenvalue weighted by Crippen LogP contribution is -2.34. The fourth-order valence-electron chi connectivity index (χ4n) is 2.11. The molecular weight excluding hydrogens is 174 g/mol. The van der Waals surface area contributed by atoms with Gasteiger partial charge in [-0.15, -0.1) is 0 Å². The normalized spacial score (nSPS) is 22.5. The predicted octanol–water partition coefficient (Wildman–Crippen LogP) is 1.49. The number of nitrogens with one attached hydrogen (secondary N) is 1. The summed E-state index contributed by atoms with van der Waals surface area (Å²) >= 11 is 0. The minimum Gasteiger partial charge on any atom is -0.338 e. The zero-order chi connectivity index (χ0) is 9.80. The molecule has 0 amide bonds. The highest BCUT2D eigenvalue weighted by Crippen LogP contribution is 2.12. The maximum atomic E-state index is 4.34. The zero-order valence-corrected chi connectivity index (χ0v) is 8.87. The third-order valence-corrected chi connectivity index (χ3v) is 3.05. The molecule has 0 aromatic carbocycles. The minimum absolute atomic E-state index is 0.723. The van der Waals surface area contributed by atoms with Crippen molar-refractivity contribution in [1.82, 2.24) is 14.9 Å². The second kappa shape index (κ2) is 4.60. The highest BCUT2D eigenvalue weighted by molar-refractivity contribution is 4.92. The highest BCUT2D eigenvalue weighted by Gasteiger charge is 2.12. The summed E-state index contributed by atoms with van der Waals surface area (Å²) in [6.45, 7) is 1.20. The van der Waals surface area contributed by atoms with Gasteiger partial charge >= 0.3 is 0 Å². The molecule has 1 atom stereocenters. The Morgan fingerprint density at radius 3 is 3.14 bits per heavy atom. The first-order chi connectivity index (χ1) is 6.86. The number of aromatic nitrogens is 2. The molecule has 1 aliphatic heterocycles.